The lowest BCUT2D eigenvalue weighted by Crippen LogP contribution is -2.33. The molecule has 12 nitrogen and oxygen atoms in total. The number of nitrogens with zero attached hydrogens (tertiary/aromatic N) is 2. The van der Waals surface area contributed by atoms with Crippen LogP contribution < -0.4 is 10.6 Å². The minimum Gasteiger partial charge on any atom is -0.462 e. The van der Waals surface area contributed by atoms with Gasteiger partial charge in [-0.3, -0.25) is 19.2 Å². The molecule has 2 amide bonds. The van der Waals surface area contributed by atoms with E-state index in [0.29, 0.717) is 48.4 Å². The Morgan fingerprint density at radius 1 is 0.580 bits per heavy atom. The highest BCUT2D eigenvalue weighted by molar-refractivity contribution is 6.13. The second kappa shape index (κ2) is 27.2. The van der Waals surface area contributed by atoms with Crippen molar-refractivity contribution in [1.82, 2.24) is 9.13 Å². The number of esters is 1. The molecule has 1 aliphatic heterocycles. The van der Waals surface area contributed by atoms with Gasteiger partial charge in [0.05, 0.1) is 47.2 Å². The van der Waals surface area contributed by atoms with Crippen LogP contribution >= 0.6 is 0 Å². The monoisotopic (exact) mass is 1100 g/mol. The van der Waals surface area contributed by atoms with Crippen LogP contribution in [0.25, 0.3) is 44.8 Å². The summed E-state index contributed by atoms with van der Waals surface area (Å²) in [5.41, 5.74) is 10.2. The SMILES string of the molecule is CC(=O)C[C@H](O)C[C@H](O)CCn1c(-c2ccc(F)cc2)c(-c2ccccc2)c(C(=O)Nc2ccccc2)c1C(C)C.CC(C)c1c(C(=O)Nc2ccccc2)c(-c2ccccc2)c(-c2ccc(F)cc2)n1CC[C@@H]1C[C@@H](O)CC(=O)O1. The molecule has 0 unspecified atom stereocenters. The number of halogens is 2. The lowest BCUT2D eigenvalue weighted by atomic mass is 9.94. The van der Waals surface area contributed by atoms with Crippen LogP contribution in [0.2, 0.25) is 0 Å². The first-order valence-corrected chi connectivity index (χ1v) is 27.6. The predicted octanol–water partition coefficient (Wildman–Crippen LogP) is 13.6. The lowest BCUT2D eigenvalue weighted by Gasteiger charge is -2.27. The van der Waals surface area contributed by atoms with Crippen LogP contribution in [0.15, 0.2) is 170 Å². The molecule has 6 aromatic carbocycles. The van der Waals surface area contributed by atoms with Crippen LogP contribution in [-0.4, -0.2) is 72.4 Å². The molecular formula is C67H70F2N4O8. The zero-order valence-electron chi connectivity index (χ0n) is 46.3. The molecule has 0 aliphatic carbocycles. The number of cyclic esters (lactones) is 1. The van der Waals surface area contributed by atoms with E-state index in [4.69, 9.17) is 4.74 Å². The Bertz CT molecular complexity index is 3400. The highest BCUT2D eigenvalue weighted by Crippen LogP contribution is 2.45. The maximum absolute atomic E-state index is 14.1. The van der Waals surface area contributed by atoms with Gasteiger partial charge in [0.25, 0.3) is 11.8 Å². The third-order valence-electron chi connectivity index (χ3n) is 14.2. The molecule has 1 saturated heterocycles. The minimum absolute atomic E-state index is 0.0000536. The Hall–Kier alpha value is -8.30. The number of Topliss-reactive ketones (excluding diaryl/α,β-unsaturated/α-hetero) is 1. The normalized spacial score (nSPS) is 14.9. The smallest absolute Gasteiger partial charge is 0.308 e. The molecule has 3 heterocycles. The summed E-state index contributed by atoms with van der Waals surface area (Å²) in [4.78, 5) is 51.6. The van der Waals surface area contributed by atoms with Crippen LogP contribution in [0.5, 0.6) is 0 Å². The van der Waals surface area contributed by atoms with E-state index in [-0.39, 0.29) is 66.8 Å². The summed E-state index contributed by atoms with van der Waals surface area (Å²) in [5, 5.41) is 37.3. The van der Waals surface area contributed by atoms with Gasteiger partial charge in [-0.25, -0.2) is 8.78 Å². The van der Waals surface area contributed by atoms with Gasteiger partial charge in [0.15, 0.2) is 0 Å². The van der Waals surface area contributed by atoms with Crippen molar-refractivity contribution in [2.75, 3.05) is 10.6 Å². The number of ketones is 1. The summed E-state index contributed by atoms with van der Waals surface area (Å²) in [6.45, 7) is 10.3. The van der Waals surface area contributed by atoms with Crippen molar-refractivity contribution in [2.45, 2.75) is 122 Å². The summed E-state index contributed by atoms with van der Waals surface area (Å²) in [7, 11) is 0. The molecule has 2 aromatic heterocycles. The number of para-hydroxylation sites is 2. The number of aliphatic hydroxyl groups is 3. The second-order valence-electron chi connectivity index (χ2n) is 21.2. The van der Waals surface area contributed by atoms with E-state index in [2.05, 4.69) is 15.2 Å². The van der Waals surface area contributed by atoms with Crippen molar-refractivity contribution in [3.63, 3.8) is 0 Å². The quantitative estimate of drug-likeness (QED) is 0.0469. The van der Waals surface area contributed by atoms with Crippen molar-refractivity contribution in [3.05, 3.63) is 204 Å². The summed E-state index contributed by atoms with van der Waals surface area (Å²) < 4.78 is 37.8. The average molecular weight is 1100 g/mol. The molecule has 8 aromatic rings. The van der Waals surface area contributed by atoms with Crippen LogP contribution in [0.3, 0.4) is 0 Å². The molecule has 9 rings (SSSR count). The molecule has 5 N–H and O–H groups in total. The van der Waals surface area contributed by atoms with E-state index in [1.54, 1.807) is 24.3 Å². The summed E-state index contributed by atoms with van der Waals surface area (Å²) >= 11 is 0. The second-order valence-corrected chi connectivity index (χ2v) is 21.2. The zero-order valence-corrected chi connectivity index (χ0v) is 46.3. The summed E-state index contributed by atoms with van der Waals surface area (Å²) in [6, 6.07) is 50.4. The first-order chi connectivity index (χ1) is 39.0. The summed E-state index contributed by atoms with van der Waals surface area (Å²) in [5.74, 6) is -1.90. The van der Waals surface area contributed by atoms with Gasteiger partial charge in [-0.05, 0) is 127 Å². The topological polar surface area (TPSA) is 172 Å². The van der Waals surface area contributed by atoms with Gasteiger partial charge in [0.2, 0.25) is 0 Å². The highest BCUT2D eigenvalue weighted by atomic mass is 19.1. The molecule has 1 fully saturated rings. The molecule has 420 valence electrons. The van der Waals surface area contributed by atoms with Crippen molar-refractivity contribution in [3.8, 4) is 44.8 Å². The van der Waals surface area contributed by atoms with E-state index in [1.807, 2.05) is 154 Å². The maximum Gasteiger partial charge on any atom is 0.308 e. The zero-order chi connectivity index (χ0) is 57.7. The minimum atomic E-state index is -0.930. The number of carbonyl (C=O) groups excluding carboxylic acids is 4. The standard InChI is InChI=1S/C34H37FN2O4.C33H33FN2O4/c1-22(2)32-31(34(41)36-27-12-8-5-9-13-27)30(24-10-6-4-7-11-24)33(25-14-16-26(35)17-15-25)37(32)19-18-28(39)21-29(40)20-23(3)38;1-21(2)31-30(33(39)35-25-11-7-4-8-12-25)29(22-9-5-3-6-10-22)32(23-13-15-24(34)16-14-23)36(31)18-17-27-19-26(37)20-28(38)40-27/h4-17,22,28-29,39-40H,18-21H2,1-3H3,(H,36,41);3-16,21,26-27,37H,17-20H2,1-2H3,(H,35,39)/t28-,29+;26-,27-/m11/s1. The number of aliphatic hydroxyl groups excluding tert-OH is 3. The number of rotatable bonds is 20. The van der Waals surface area contributed by atoms with Crippen molar-refractivity contribution < 1.29 is 48.0 Å². The fourth-order valence-corrected chi connectivity index (χ4v) is 10.9. The Balaban J connectivity index is 0.000000212. The van der Waals surface area contributed by atoms with Crippen molar-refractivity contribution in [1.29, 1.82) is 0 Å². The molecule has 81 heavy (non-hydrogen) atoms. The first-order valence-electron chi connectivity index (χ1n) is 27.6. The Morgan fingerprint density at radius 2 is 0.988 bits per heavy atom. The fraction of sp³-hybridized carbons (Fsp3) is 0.284. The molecular weight excluding hydrogens is 1030 g/mol. The Labute approximate surface area is 472 Å². The third kappa shape index (κ3) is 14.7. The number of hydrogen-bond acceptors (Lipinski definition) is 8. The molecule has 1 aliphatic rings. The van der Waals surface area contributed by atoms with Crippen LogP contribution in [0.4, 0.5) is 20.2 Å². The number of anilines is 2. The number of carbonyl (C=O) groups is 4. The third-order valence-corrected chi connectivity index (χ3v) is 14.2. The molecule has 0 spiro atoms. The summed E-state index contributed by atoms with van der Waals surface area (Å²) in [6.07, 6.45) is -1.81. The number of nitrogens with one attached hydrogen (secondary N) is 2. The number of amides is 2. The van der Waals surface area contributed by atoms with E-state index in [0.717, 1.165) is 56.2 Å². The van der Waals surface area contributed by atoms with Crippen LogP contribution in [0, 0.1) is 11.6 Å². The number of ether oxygens (including phenoxy) is 1. The van der Waals surface area contributed by atoms with Gasteiger partial charge >= 0.3 is 5.97 Å². The average Bonchev–Trinajstić information content (AvgIpc) is 4.22. The van der Waals surface area contributed by atoms with Gasteiger partial charge in [0.1, 0.15) is 23.5 Å². The number of aromatic nitrogens is 2. The Morgan fingerprint density at radius 3 is 1.38 bits per heavy atom. The fourth-order valence-electron chi connectivity index (χ4n) is 10.9. The number of benzene rings is 6. The van der Waals surface area contributed by atoms with Gasteiger partial charge in [-0.15, -0.1) is 0 Å². The van der Waals surface area contributed by atoms with E-state index < -0.39 is 30.4 Å². The van der Waals surface area contributed by atoms with Gasteiger partial charge in [-0.1, -0.05) is 125 Å². The lowest BCUT2D eigenvalue weighted by molar-refractivity contribution is -0.160. The van der Waals surface area contributed by atoms with Crippen molar-refractivity contribution >= 4 is 34.9 Å². The van der Waals surface area contributed by atoms with Gasteiger partial charge < -0.3 is 39.8 Å². The van der Waals surface area contributed by atoms with Crippen LogP contribution in [0.1, 0.15) is 117 Å². The molecule has 0 saturated carbocycles. The van der Waals surface area contributed by atoms with Crippen LogP contribution in [-0.2, 0) is 27.4 Å². The van der Waals surface area contributed by atoms with E-state index >= 15 is 0 Å². The van der Waals surface area contributed by atoms with Gasteiger partial charge in [0, 0.05) is 66.2 Å². The van der Waals surface area contributed by atoms with E-state index in [9.17, 15) is 43.3 Å². The van der Waals surface area contributed by atoms with Crippen molar-refractivity contribution in [2.24, 2.45) is 0 Å². The molecule has 0 radical (unpaired) electrons. The van der Waals surface area contributed by atoms with Gasteiger partial charge in [-0.2, -0.15) is 0 Å². The number of hydrogen-bond donors (Lipinski definition) is 5. The maximum atomic E-state index is 14.1. The predicted molar refractivity (Wildman–Crippen MR) is 314 cm³/mol. The van der Waals surface area contributed by atoms with E-state index in [1.165, 1.54) is 31.2 Å². The molecule has 4 atom stereocenters. The first kappa shape index (κ1) is 58.8. The molecule has 14 heteroatoms. The largest absolute Gasteiger partial charge is 0.462 e. The Kier molecular flexibility index (Phi) is 19.8. The molecule has 0 bridgehead atoms. The highest BCUT2D eigenvalue weighted by Gasteiger charge is 2.34.